The van der Waals surface area contributed by atoms with Crippen LogP contribution in [0.5, 0.6) is 0 Å². The van der Waals surface area contributed by atoms with Crippen LogP contribution >= 0.6 is 0 Å². The molecule has 1 saturated carbocycles. The third-order valence-corrected chi connectivity index (χ3v) is 3.83. The lowest BCUT2D eigenvalue weighted by Gasteiger charge is -2.22. The van der Waals surface area contributed by atoms with Gasteiger partial charge < -0.3 is 10.6 Å². The van der Waals surface area contributed by atoms with Crippen molar-refractivity contribution in [3.8, 4) is 0 Å². The van der Waals surface area contributed by atoms with Crippen LogP contribution in [0.2, 0.25) is 0 Å². The molecule has 18 heavy (non-hydrogen) atoms. The largest absolute Gasteiger partial charge is 0.399 e. The molecule has 1 aliphatic rings. The van der Waals surface area contributed by atoms with Gasteiger partial charge in [0, 0.05) is 24.7 Å². The van der Waals surface area contributed by atoms with Gasteiger partial charge in [-0.15, -0.1) is 0 Å². The second-order valence-electron chi connectivity index (χ2n) is 5.84. The van der Waals surface area contributed by atoms with Crippen LogP contribution in [0.3, 0.4) is 0 Å². The number of carbonyl (C=O) groups is 1. The molecule has 1 aromatic rings. The maximum Gasteiger partial charge on any atom is 0.226 e. The van der Waals surface area contributed by atoms with Crippen molar-refractivity contribution in [1.82, 2.24) is 4.90 Å². The Bertz CT molecular complexity index is 454. The van der Waals surface area contributed by atoms with Gasteiger partial charge in [0.15, 0.2) is 0 Å². The van der Waals surface area contributed by atoms with E-state index >= 15 is 0 Å². The number of nitrogens with two attached hydrogens (primary N) is 1. The Morgan fingerprint density at radius 1 is 1.50 bits per heavy atom. The van der Waals surface area contributed by atoms with Crippen molar-refractivity contribution in [2.45, 2.75) is 33.7 Å². The first kappa shape index (κ1) is 12.9. The third-order valence-electron chi connectivity index (χ3n) is 3.83. The Kier molecular flexibility index (Phi) is 3.33. The summed E-state index contributed by atoms with van der Waals surface area (Å²) >= 11 is 0. The molecule has 1 fully saturated rings. The molecule has 1 atom stereocenters. The molecule has 3 nitrogen and oxygen atoms in total. The average Bonchev–Trinajstić information content (AvgIpc) is 2.94. The summed E-state index contributed by atoms with van der Waals surface area (Å²) in [5, 5.41) is 0. The number of hydrogen-bond acceptors (Lipinski definition) is 2. The summed E-state index contributed by atoms with van der Waals surface area (Å²) in [5.41, 5.74) is 7.81. The van der Waals surface area contributed by atoms with Gasteiger partial charge in [-0.1, -0.05) is 26.0 Å². The van der Waals surface area contributed by atoms with Gasteiger partial charge >= 0.3 is 0 Å². The van der Waals surface area contributed by atoms with Crippen molar-refractivity contribution in [3.05, 3.63) is 29.8 Å². The minimum absolute atomic E-state index is 0.195. The lowest BCUT2D eigenvalue weighted by Crippen LogP contribution is -2.32. The summed E-state index contributed by atoms with van der Waals surface area (Å²) in [6, 6.07) is 7.76. The van der Waals surface area contributed by atoms with E-state index in [2.05, 4.69) is 13.8 Å². The number of carbonyl (C=O) groups excluding carboxylic acids is 1. The highest BCUT2D eigenvalue weighted by molar-refractivity contribution is 5.82. The van der Waals surface area contributed by atoms with E-state index in [4.69, 9.17) is 5.73 Å². The molecule has 1 unspecified atom stereocenters. The molecule has 1 amide bonds. The van der Waals surface area contributed by atoms with Gasteiger partial charge in [-0.3, -0.25) is 4.79 Å². The van der Waals surface area contributed by atoms with Crippen molar-refractivity contribution >= 4 is 11.6 Å². The fraction of sp³-hybridized carbons (Fsp3) is 0.533. The molecule has 1 aromatic carbocycles. The first-order valence-electron chi connectivity index (χ1n) is 6.57. The van der Waals surface area contributed by atoms with E-state index in [1.54, 1.807) is 0 Å². The fourth-order valence-electron chi connectivity index (χ4n) is 2.37. The van der Waals surface area contributed by atoms with E-state index in [-0.39, 0.29) is 17.2 Å². The van der Waals surface area contributed by atoms with Crippen LogP contribution in [0.4, 0.5) is 5.69 Å². The number of nitrogen functional groups attached to an aromatic ring is 1. The number of hydrogen-bond donors (Lipinski definition) is 1. The number of benzene rings is 1. The smallest absolute Gasteiger partial charge is 0.226 e. The average molecular weight is 246 g/mol. The molecule has 98 valence electrons. The summed E-state index contributed by atoms with van der Waals surface area (Å²) < 4.78 is 0. The Hall–Kier alpha value is -1.51. The number of anilines is 1. The lowest BCUT2D eigenvalue weighted by atomic mass is 10.1. The monoisotopic (exact) mass is 246 g/mol. The van der Waals surface area contributed by atoms with Crippen LogP contribution < -0.4 is 5.73 Å². The molecule has 0 aromatic heterocycles. The molecule has 0 spiro atoms. The maximum absolute atomic E-state index is 12.3. The SMILES string of the molecule is CCN(Cc1cccc(N)c1)C(=O)C1CC1(C)C. The van der Waals surface area contributed by atoms with E-state index in [0.717, 1.165) is 24.2 Å². The van der Waals surface area contributed by atoms with Gasteiger partial charge in [-0.2, -0.15) is 0 Å². The van der Waals surface area contributed by atoms with Gasteiger partial charge in [0.05, 0.1) is 0 Å². The van der Waals surface area contributed by atoms with Crippen molar-refractivity contribution in [2.75, 3.05) is 12.3 Å². The molecular weight excluding hydrogens is 224 g/mol. The lowest BCUT2D eigenvalue weighted by molar-refractivity contribution is -0.133. The standard InChI is InChI=1S/C15H22N2O/c1-4-17(14(18)13-9-15(13,2)3)10-11-6-5-7-12(16)8-11/h5-8,13H,4,9-10,16H2,1-3H3. The first-order chi connectivity index (χ1) is 8.44. The number of amides is 1. The number of nitrogens with zero attached hydrogens (tertiary/aromatic N) is 1. The summed E-state index contributed by atoms with van der Waals surface area (Å²) in [7, 11) is 0. The van der Waals surface area contributed by atoms with Crippen LogP contribution in [0, 0.1) is 11.3 Å². The second kappa shape index (κ2) is 4.63. The van der Waals surface area contributed by atoms with Gasteiger partial charge in [-0.05, 0) is 36.5 Å². The van der Waals surface area contributed by atoms with Gasteiger partial charge in [-0.25, -0.2) is 0 Å². The van der Waals surface area contributed by atoms with Gasteiger partial charge in [0.25, 0.3) is 0 Å². The van der Waals surface area contributed by atoms with Crippen molar-refractivity contribution in [3.63, 3.8) is 0 Å². The summed E-state index contributed by atoms with van der Waals surface area (Å²) in [4.78, 5) is 14.3. The van der Waals surface area contributed by atoms with Crippen LogP contribution in [0.1, 0.15) is 32.8 Å². The molecule has 0 radical (unpaired) electrons. The number of rotatable bonds is 4. The van der Waals surface area contributed by atoms with E-state index in [9.17, 15) is 4.79 Å². The van der Waals surface area contributed by atoms with Crippen LogP contribution in [-0.4, -0.2) is 17.4 Å². The zero-order chi connectivity index (χ0) is 13.3. The summed E-state index contributed by atoms with van der Waals surface area (Å²) in [5.74, 6) is 0.489. The topological polar surface area (TPSA) is 46.3 Å². The van der Waals surface area contributed by atoms with Crippen LogP contribution in [0.25, 0.3) is 0 Å². The second-order valence-corrected chi connectivity index (χ2v) is 5.84. The zero-order valence-corrected chi connectivity index (χ0v) is 11.4. The van der Waals surface area contributed by atoms with E-state index in [1.807, 2.05) is 36.1 Å². The molecule has 3 heteroatoms. The minimum atomic E-state index is 0.195. The Balaban J connectivity index is 2.04. The van der Waals surface area contributed by atoms with Crippen LogP contribution in [0.15, 0.2) is 24.3 Å². The van der Waals surface area contributed by atoms with E-state index in [0.29, 0.717) is 6.54 Å². The molecule has 0 saturated heterocycles. The predicted molar refractivity (Wildman–Crippen MR) is 73.8 cm³/mol. The summed E-state index contributed by atoms with van der Waals surface area (Å²) in [6.45, 7) is 7.75. The molecule has 0 bridgehead atoms. The molecule has 2 N–H and O–H groups in total. The van der Waals surface area contributed by atoms with Gasteiger partial charge in [0.2, 0.25) is 5.91 Å². The summed E-state index contributed by atoms with van der Waals surface area (Å²) in [6.07, 6.45) is 1.01. The molecule has 1 aliphatic carbocycles. The minimum Gasteiger partial charge on any atom is -0.399 e. The van der Waals surface area contributed by atoms with E-state index in [1.165, 1.54) is 0 Å². The van der Waals surface area contributed by atoms with Gasteiger partial charge in [0.1, 0.15) is 0 Å². The normalized spacial score (nSPS) is 20.5. The Morgan fingerprint density at radius 2 is 2.17 bits per heavy atom. The fourth-order valence-corrected chi connectivity index (χ4v) is 2.37. The van der Waals surface area contributed by atoms with Crippen LogP contribution in [-0.2, 0) is 11.3 Å². The molecule has 2 rings (SSSR count). The molecular formula is C15H22N2O. The predicted octanol–water partition coefficient (Wildman–Crippen LogP) is 2.66. The maximum atomic E-state index is 12.3. The van der Waals surface area contributed by atoms with Crippen molar-refractivity contribution in [1.29, 1.82) is 0 Å². The highest BCUT2D eigenvalue weighted by Gasteiger charge is 2.51. The van der Waals surface area contributed by atoms with Crippen molar-refractivity contribution in [2.24, 2.45) is 11.3 Å². The molecule has 0 aliphatic heterocycles. The third kappa shape index (κ3) is 2.66. The van der Waals surface area contributed by atoms with E-state index < -0.39 is 0 Å². The highest BCUT2D eigenvalue weighted by atomic mass is 16.2. The zero-order valence-electron chi connectivity index (χ0n) is 11.4. The Labute approximate surface area is 109 Å². The molecule has 0 heterocycles. The Morgan fingerprint density at radius 3 is 2.67 bits per heavy atom. The quantitative estimate of drug-likeness (QED) is 0.830. The van der Waals surface area contributed by atoms with Crippen molar-refractivity contribution < 1.29 is 4.79 Å². The highest BCUT2D eigenvalue weighted by Crippen LogP contribution is 2.52. The first-order valence-corrected chi connectivity index (χ1v) is 6.57.